The summed E-state index contributed by atoms with van der Waals surface area (Å²) < 4.78 is 6.37. The molecule has 0 saturated carbocycles. The van der Waals surface area contributed by atoms with E-state index < -0.39 is 0 Å². The molecule has 80 valence electrons. The summed E-state index contributed by atoms with van der Waals surface area (Å²) in [5.74, 6) is 0.460. The van der Waals surface area contributed by atoms with Gasteiger partial charge in [-0.2, -0.15) is 0 Å². The van der Waals surface area contributed by atoms with E-state index in [1.165, 1.54) is 0 Å². The molecule has 2 aromatic rings. The third-order valence-corrected chi connectivity index (χ3v) is 2.51. The number of carbonyl (C=O) groups is 1. The van der Waals surface area contributed by atoms with Crippen molar-refractivity contribution in [3.05, 3.63) is 45.8 Å². The number of aromatic nitrogens is 2. The average molecular weight is 326 g/mol. The highest BCUT2D eigenvalue weighted by Crippen LogP contribution is 2.23. The van der Waals surface area contributed by atoms with E-state index in [-0.39, 0.29) is 6.01 Å². The number of rotatable bonds is 3. The van der Waals surface area contributed by atoms with Crippen molar-refractivity contribution in [1.82, 2.24) is 9.97 Å². The second kappa shape index (κ2) is 5.02. The predicted molar refractivity (Wildman–Crippen MR) is 66.7 cm³/mol. The highest BCUT2D eigenvalue weighted by molar-refractivity contribution is 14.1. The number of hydrogen-bond acceptors (Lipinski definition) is 4. The number of nitrogens with zero attached hydrogens (tertiary/aromatic N) is 2. The Hall–Kier alpha value is -1.50. The van der Waals surface area contributed by atoms with Gasteiger partial charge in [-0.05, 0) is 46.9 Å². The predicted octanol–water partition coefficient (Wildman–Crippen LogP) is 2.69. The Kier molecular flexibility index (Phi) is 3.45. The summed E-state index contributed by atoms with van der Waals surface area (Å²) in [6.45, 7) is 0. The number of ether oxygens (including phenoxy) is 1. The summed E-state index contributed by atoms with van der Waals surface area (Å²) in [5, 5.41) is 0. The number of halogens is 1. The maximum absolute atomic E-state index is 10.8. The van der Waals surface area contributed by atoms with E-state index in [0.717, 1.165) is 9.86 Å². The van der Waals surface area contributed by atoms with E-state index in [9.17, 15) is 4.79 Å². The van der Waals surface area contributed by atoms with E-state index in [0.29, 0.717) is 11.3 Å². The number of hydrogen-bond donors (Lipinski definition) is 0. The van der Waals surface area contributed by atoms with Crippen LogP contribution in [0.3, 0.4) is 0 Å². The van der Waals surface area contributed by atoms with Gasteiger partial charge in [0.05, 0.1) is 5.56 Å². The first-order valence-electron chi connectivity index (χ1n) is 4.49. The number of carbonyl (C=O) groups excluding carboxylic acids is 1. The van der Waals surface area contributed by atoms with Gasteiger partial charge in [-0.3, -0.25) is 4.79 Å². The van der Waals surface area contributed by atoms with Crippen molar-refractivity contribution >= 4 is 28.9 Å². The Morgan fingerprint density at radius 2 is 2.00 bits per heavy atom. The topological polar surface area (TPSA) is 52.1 Å². The molecule has 0 N–H and O–H groups in total. The number of benzene rings is 1. The van der Waals surface area contributed by atoms with Crippen LogP contribution in [-0.2, 0) is 0 Å². The normalized spacial score (nSPS) is 9.81. The van der Waals surface area contributed by atoms with Gasteiger partial charge in [0.15, 0.2) is 6.29 Å². The first kappa shape index (κ1) is 11.0. The van der Waals surface area contributed by atoms with Gasteiger partial charge in [0, 0.05) is 16.0 Å². The van der Waals surface area contributed by atoms with Crippen molar-refractivity contribution in [3.63, 3.8) is 0 Å². The van der Waals surface area contributed by atoms with Gasteiger partial charge in [0.2, 0.25) is 0 Å². The molecular weight excluding hydrogens is 319 g/mol. The van der Waals surface area contributed by atoms with Gasteiger partial charge < -0.3 is 4.74 Å². The van der Waals surface area contributed by atoms with Crippen molar-refractivity contribution in [3.8, 4) is 11.8 Å². The Morgan fingerprint density at radius 1 is 1.25 bits per heavy atom. The summed E-state index contributed by atoms with van der Waals surface area (Å²) in [5.41, 5.74) is 0.486. The Labute approximate surface area is 106 Å². The molecule has 0 fully saturated rings. The minimum Gasteiger partial charge on any atom is -0.424 e. The first-order valence-corrected chi connectivity index (χ1v) is 5.57. The molecule has 5 heteroatoms. The second-order valence-corrected chi connectivity index (χ2v) is 4.18. The monoisotopic (exact) mass is 326 g/mol. The standard InChI is InChI=1S/C11H7IN2O2/c12-9-2-3-10(8(6-9)7-15)16-11-13-4-1-5-14-11/h1-7H. The molecule has 0 aliphatic rings. The minimum absolute atomic E-state index is 0.229. The van der Waals surface area contributed by atoms with Crippen LogP contribution < -0.4 is 4.74 Å². The molecule has 0 bridgehead atoms. The van der Waals surface area contributed by atoms with Crippen molar-refractivity contribution in [1.29, 1.82) is 0 Å². The summed E-state index contributed by atoms with van der Waals surface area (Å²) in [6.07, 6.45) is 3.91. The second-order valence-electron chi connectivity index (χ2n) is 2.93. The largest absolute Gasteiger partial charge is 0.424 e. The summed E-state index contributed by atoms with van der Waals surface area (Å²) >= 11 is 2.13. The molecule has 16 heavy (non-hydrogen) atoms. The zero-order valence-corrected chi connectivity index (χ0v) is 10.3. The fourth-order valence-corrected chi connectivity index (χ4v) is 1.66. The molecule has 0 spiro atoms. The van der Waals surface area contributed by atoms with Gasteiger partial charge in [0.25, 0.3) is 0 Å². The Bertz CT molecular complexity index is 503. The van der Waals surface area contributed by atoms with Crippen molar-refractivity contribution in [2.75, 3.05) is 0 Å². The van der Waals surface area contributed by atoms with E-state index >= 15 is 0 Å². The van der Waals surface area contributed by atoms with Crippen LogP contribution in [0.15, 0.2) is 36.7 Å². The van der Waals surface area contributed by atoms with E-state index in [4.69, 9.17) is 4.74 Å². The smallest absolute Gasteiger partial charge is 0.321 e. The van der Waals surface area contributed by atoms with Crippen molar-refractivity contribution in [2.24, 2.45) is 0 Å². The molecule has 1 heterocycles. The molecule has 0 saturated heterocycles. The van der Waals surface area contributed by atoms with Crippen LogP contribution >= 0.6 is 22.6 Å². The Morgan fingerprint density at radius 3 is 2.69 bits per heavy atom. The van der Waals surface area contributed by atoms with Crippen LogP contribution in [0.2, 0.25) is 0 Å². The van der Waals surface area contributed by atoms with Crippen molar-refractivity contribution < 1.29 is 9.53 Å². The molecule has 0 radical (unpaired) electrons. The highest BCUT2D eigenvalue weighted by atomic mass is 127. The van der Waals surface area contributed by atoms with Crippen LogP contribution in [0.1, 0.15) is 10.4 Å². The minimum atomic E-state index is 0.229. The molecule has 1 aromatic carbocycles. The summed E-state index contributed by atoms with van der Waals surface area (Å²) in [4.78, 5) is 18.7. The van der Waals surface area contributed by atoms with Crippen LogP contribution in [0.25, 0.3) is 0 Å². The van der Waals surface area contributed by atoms with Crippen LogP contribution in [0.4, 0.5) is 0 Å². The SMILES string of the molecule is O=Cc1cc(I)ccc1Oc1ncccn1. The molecule has 1 aromatic heterocycles. The third kappa shape index (κ3) is 2.54. The molecule has 0 unspecified atom stereocenters. The van der Waals surface area contributed by atoms with Crippen LogP contribution in [-0.4, -0.2) is 16.3 Å². The molecule has 0 amide bonds. The lowest BCUT2D eigenvalue weighted by atomic mass is 10.2. The fourth-order valence-electron chi connectivity index (χ4n) is 1.14. The molecule has 2 rings (SSSR count). The molecular formula is C11H7IN2O2. The zero-order chi connectivity index (χ0) is 11.4. The maximum atomic E-state index is 10.8. The molecule has 4 nitrogen and oxygen atoms in total. The molecule has 0 aliphatic heterocycles. The van der Waals surface area contributed by atoms with Gasteiger partial charge >= 0.3 is 6.01 Å². The van der Waals surface area contributed by atoms with Gasteiger partial charge in [-0.1, -0.05) is 0 Å². The zero-order valence-electron chi connectivity index (χ0n) is 8.13. The van der Waals surface area contributed by atoms with Gasteiger partial charge in [0.1, 0.15) is 5.75 Å². The lowest BCUT2D eigenvalue weighted by molar-refractivity contribution is 0.112. The third-order valence-electron chi connectivity index (χ3n) is 1.84. The van der Waals surface area contributed by atoms with E-state index in [1.807, 2.05) is 6.07 Å². The first-order chi connectivity index (χ1) is 7.79. The van der Waals surface area contributed by atoms with Crippen LogP contribution in [0.5, 0.6) is 11.8 Å². The molecule has 0 atom stereocenters. The van der Waals surface area contributed by atoms with E-state index in [2.05, 4.69) is 32.6 Å². The Balaban J connectivity index is 2.31. The number of aldehydes is 1. The molecule has 0 aliphatic carbocycles. The lowest BCUT2D eigenvalue weighted by Crippen LogP contribution is -1.94. The lowest BCUT2D eigenvalue weighted by Gasteiger charge is -2.05. The summed E-state index contributed by atoms with van der Waals surface area (Å²) in [7, 11) is 0. The average Bonchev–Trinajstić information content (AvgIpc) is 2.33. The van der Waals surface area contributed by atoms with Gasteiger partial charge in [-0.15, -0.1) is 0 Å². The van der Waals surface area contributed by atoms with E-state index in [1.54, 1.807) is 30.6 Å². The van der Waals surface area contributed by atoms with Gasteiger partial charge in [-0.25, -0.2) is 9.97 Å². The quantitative estimate of drug-likeness (QED) is 0.643. The fraction of sp³-hybridized carbons (Fsp3) is 0. The maximum Gasteiger partial charge on any atom is 0.321 e. The summed E-state index contributed by atoms with van der Waals surface area (Å²) in [6, 6.07) is 7.24. The van der Waals surface area contributed by atoms with Crippen LogP contribution in [0, 0.1) is 3.57 Å². The highest BCUT2D eigenvalue weighted by Gasteiger charge is 2.05. The van der Waals surface area contributed by atoms with Crippen molar-refractivity contribution in [2.45, 2.75) is 0 Å².